The van der Waals surface area contributed by atoms with Gasteiger partial charge in [0.15, 0.2) is 0 Å². The van der Waals surface area contributed by atoms with Crippen molar-refractivity contribution in [2.75, 3.05) is 0 Å². The van der Waals surface area contributed by atoms with Crippen molar-refractivity contribution < 1.29 is 0 Å². The summed E-state index contributed by atoms with van der Waals surface area (Å²) in [6.45, 7) is 6.66. The second-order valence-electron chi connectivity index (χ2n) is 5.83. The number of hydrogen-bond acceptors (Lipinski definition) is 2. The van der Waals surface area contributed by atoms with Crippen molar-refractivity contribution in [1.82, 2.24) is 0 Å². The van der Waals surface area contributed by atoms with Crippen molar-refractivity contribution in [2.45, 2.75) is 36.8 Å². The molecule has 0 saturated heterocycles. The molecule has 0 aliphatic heterocycles. The van der Waals surface area contributed by atoms with Gasteiger partial charge in [-0.3, -0.25) is 0 Å². The molecule has 20 heavy (non-hydrogen) atoms. The molecule has 2 aromatic carbocycles. The van der Waals surface area contributed by atoms with Gasteiger partial charge in [-0.25, -0.2) is 0 Å². The Balaban J connectivity index is 2.07. The smallest absolute Gasteiger partial charge is 0.0994 e. The molecule has 0 radical (unpaired) electrons. The molecule has 0 amide bonds. The van der Waals surface area contributed by atoms with Crippen molar-refractivity contribution in [3.8, 4) is 6.07 Å². The lowest BCUT2D eigenvalue weighted by molar-refractivity contribution is 0.590. The van der Waals surface area contributed by atoms with Crippen LogP contribution in [0, 0.1) is 11.3 Å². The largest absolute Gasteiger partial charge is 0.192 e. The molecule has 102 valence electrons. The van der Waals surface area contributed by atoms with Crippen LogP contribution in [0.3, 0.4) is 0 Å². The molecule has 2 rings (SSSR count). The second-order valence-corrected chi connectivity index (χ2v) is 6.88. The van der Waals surface area contributed by atoms with Crippen LogP contribution in [0.1, 0.15) is 37.5 Å². The van der Waals surface area contributed by atoms with Gasteiger partial charge in [0.25, 0.3) is 0 Å². The topological polar surface area (TPSA) is 23.8 Å². The lowest BCUT2D eigenvalue weighted by atomic mass is 9.87. The molecule has 0 aliphatic rings. The van der Waals surface area contributed by atoms with E-state index in [1.165, 1.54) is 10.5 Å². The van der Waals surface area contributed by atoms with Crippen LogP contribution in [0.25, 0.3) is 0 Å². The van der Waals surface area contributed by atoms with E-state index < -0.39 is 0 Å². The summed E-state index contributed by atoms with van der Waals surface area (Å²) >= 11 is 1.77. The van der Waals surface area contributed by atoms with Gasteiger partial charge in [-0.1, -0.05) is 51.1 Å². The van der Waals surface area contributed by atoms with Crippen LogP contribution in [0.2, 0.25) is 0 Å². The van der Waals surface area contributed by atoms with Gasteiger partial charge < -0.3 is 0 Å². The Morgan fingerprint density at radius 1 is 1.00 bits per heavy atom. The van der Waals surface area contributed by atoms with E-state index in [4.69, 9.17) is 5.26 Å². The van der Waals surface area contributed by atoms with E-state index in [-0.39, 0.29) is 5.41 Å². The molecule has 0 aromatic heterocycles. The van der Waals surface area contributed by atoms with Crippen LogP contribution >= 0.6 is 11.8 Å². The molecule has 0 spiro atoms. The Morgan fingerprint density at radius 2 is 1.65 bits per heavy atom. The first-order chi connectivity index (χ1) is 9.50. The van der Waals surface area contributed by atoms with Gasteiger partial charge in [-0.2, -0.15) is 5.26 Å². The van der Waals surface area contributed by atoms with E-state index >= 15 is 0 Å². The summed E-state index contributed by atoms with van der Waals surface area (Å²) in [5.74, 6) is 0.832. The highest BCUT2D eigenvalue weighted by Gasteiger charge is 2.12. The van der Waals surface area contributed by atoms with Gasteiger partial charge in [-0.15, -0.1) is 11.8 Å². The summed E-state index contributed by atoms with van der Waals surface area (Å²) in [7, 11) is 0. The lowest BCUT2D eigenvalue weighted by Crippen LogP contribution is -2.10. The minimum atomic E-state index is 0.191. The molecule has 0 heterocycles. The molecule has 0 saturated carbocycles. The van der Waals surface area contributed by atoms with Gasteiger partial charge in [0.2, 0.25) is 0 Å². The van der Waals surface area contributed by atoms with E-state index in [1.807, 2.05) is 24.3 Å². The predicted octanol–water partition coefficient (Wildman–Crippen LogP) is 5.15. The Hall–Kier alpha value is -1.72. The molecule has 0 atom stereocenters. The van der Waals surface area contributed by atoms with Crippen LogP contribution in [0.4, 0.5) is 0 Å². The van der Waals surface area contributed by atoms with Crippen LogP contribution in [0.15, 0.2) is 53.4 Å². The molecule has 2 heteroatoms. The normalized spacial score (nSPS) is 11.1. The molecule has 0 fully saturated rings. The highest BCUT2D eigenvalue weighted by Crippen LogP contribution is 2.28. The first-order valence-corrected chi connectivity index (χ1v) is 7.70. The molecule has 0 bridgehead atoms. The predicted molar refractivity (Wildman–Crippen MR) is 85.9 cm³/mol. The quantitative estimate of drug-likeness (QED) is 0.727. The SMILES string of the molecule is CC(C)(C)c1ccc(SCc2ccccc2C#N)cc1. The third-order valence-corrected chi connectivity index (χ3v) is 4.31. The fourth-order valence-corrected chi connectivity index (χ4v) is 2.87. The van der Waals surface area contributed by atoms with Crippen LogP contribution < -0.4 is 0 Å². The van der Waals surface area contributed by atoms with Gasteiger partial charge in [0.05, 0.1) is 11.6 Å². The molecule has 2 aromatic rings. The van der Waals surface area contributed by atoms with Crippen LogP contribution in [-0.4, -0.2) is 0 Å². The summed E-state index contributed by atoms with van der Waals surface area (Å²) in [5, 5.41) is 9.08. The van der Waals surface area contributed by atoms with E-state index in [2.05, 4.69) is 51.1 Å². The minimum Gasteiger partial charge on any atom is -0.192 e. The van der Waals surface area contributed by atoms with E-state index in [0.29, 0.717) is 0 Å². The van der Waals surface area contributed by atoms with Crippen LogP contribution in [-0.2, 0) is 11.2 Å². The summed E-state index contributed by atoms with van der Waals surface area (Å²) in [5.41, 5.74) is 3.40. The Morgan fingerprint density at radius 3 is 2.25 bits per heavy atom. The fourth-order valence-electron chi connectivity index (χ4n) is 1.97. The Kier molecular flexibility index (Phi) is 4.52. The third-order valence-electron chi connectivity index (χ3n) is 3.25. The average Bonchev–Trinajstić information content (AvgIpc) is 2.45. The van der Waals surface area contributed by atoms with Crippen molar-refractivity contribution in [1.29, 1.82) is 5.26 Å². The van der Waals surface area contributed by atoms with E-state index in [9.17, 15) is 0 Å². The Labute approximate surface area is 125 Å². The third kappa shape index (κ3) is 3.65. The molecule has 0 aliphatic carbocycles. The van der Waals surface area contributed by atoms with Crippen molar-refractivity contribution in [2.24, 2.45) is 0 Å². The number of nitriles is 1. The monoisotopic (exact) mass is 281 g/mol. The summed E-state index contributed by atoms with van der Waals surface area (Å²) in [4.78, 5) is 1.24. The maximum atomic E-state index is 9.08. The van der Waals surface area contributed by atoms with Crippen molar-refractivity contribution in [3.05, 3.63) is 65.2 Å². The maximum Gasteiger partial charge on any atom is 0.0994 e. The summed E-state index contributed by atoms with van der Waals surface area (Å²) in [6.07, 6.45) is 0. The average molecular weight is 281 g/mol. The standard InChI is InChI=1S/C18H19NS/c1-18(2,3)16-8-10-17(11-9-16)20-13-15-7-5-4-6-14(15)12-19/h4-11H,13H2,1-3H3. The van der Waals surface area contributed by atoms with Crippen molar-refractivity contribution >= 4 is 11.8 Å². The van der Waals surface area contributed by atoms with E-state index in [0.717, 1.165) is 16.9 Å². The summed E-state index contributed by atoms with van der Waals surface area (Å²) in [6, 6.07) is 18.8. The zero-order chi connectivity index (χ0) is 14.6. The number of nitrogens with zero attached hydrogens (tertiary/aromatic N) is 1. The highest BCUT2D eigenvalue weighted by molar-refractivity contribution is 7.98. The fraction of sp³-hybridized carbons (Fsp3) is 0.278. The maximum absolute atomic E-state index is 9.08. The molecule has 0 N–H and O–H groups in total. The number of benzene rings is 2. The first-order valence-electron chi connectivity index (χ1n) is 6.72. The Bertz CT molecular complexity index is 615. The van der Waals surface area contributed by atoms with Gasteiger partial charge in [0, 0.05) is 10.6 Å². The number of thioether (sulfide) groups is 1. The zero-order valence-corrected chi connectivity index (χ0v) is 13.0. The zero-order valence-electron chi connectivity index (χ0n) is 12.2. The van der Waals surface area contributed by atoms with Gasteiger partial charge in [-0.05, 0) is 34.7 Å². The lowest BCUT2D eigenvalue weighted by Gasteiger charge is -2.19. The highest BCUT2D eigenvalue weighted by atomic mass is 32.2. The molecular formula is C18H19NS. The second kappa shape index (κ2) is 6.15. The summed E-state index contributed by atoms with van der Waals surface area (Å²) < 4.78 is 0. The minimum absolute atomic E-state index is 0.191. The van der Waals surface area contributed by atoms with Crippen molar-refractivity contribution in [3.63, 3.8) is 0 Å². The molecule has 1 nitrogen and oxygen atoms in total. The van der Waals surface area contributed by atoms with E-state index in [1.54, 1.807) is 11.8 Å². The number of hydrogen-bond donors (Lipinski definition) is 0. The van der Waals surface area contributed by atoms with Crippen LogP contribution in [0.5, 0.6) is 0 Å². The molecule has 0 unspecified atom stereocenters. The molecular weight excluding hydrogens is 262 g/mol. The first kappa shape index (κ1) is 14.7. The number of rotatable bonds is 3. The van der Waals surface area contributed by atoms with Gasteiger partial charge >= 0.3 is 0 Å². The van der Waals surface area contributed by atoms with Gasteiger partial charge in [0.1, 0.15) is 0 Å².